The van der Waals surface area contributed by atoms with E-state index in [9.17, 15) is 9.18 Å². The van der Waals surface area contributed by atoms with Gasteiger partial charge < -0.3 is 4.74 Å². The third-order valence-corrected chi connectivity index (χ3v) is 3.62. The molecule has 2 rings (SSSR count). The molecule has 0 unspecified atom stereocenters. The van der Waals surface area contributed by atoms with Crippen LogP contribution in [0.15, 0.2) is 46.9 Å². The largest absolute Gasteiger partial charge is 0.485 e. The Labute approximate surface area is 132 Å². The molecule has 110 valence electrons. The molecule has 0 saturated heterocycles. The standard InChI is InChI=1S/C17H16BrFO2/c1-11(2)14-9-12(18)7-8-17(14)21-10-16(20)13-5-3-4-6-15(13)19/h3-9,11H,10H2,1-2H3. The second kappa shape index (κ2) is 6.85. The van der Waals surface area contributed by atoms with Crippen LogP contribution < -0.4 is 4.74 Å². The number of hydrogen-bond donors (Lipinski definition) is 0. The van der Waals surface area contributed by atoms with E-state index in [0.29, 0.717) is 5.75 Å². The molecule has 0 spiro atoms. The Hall–Kier alpha value is -1.68. The first-order valence-corrected chi connectivity index (χ1v) is 7.48. The van der Waals surface area contributed by atoms with E-state index in [0.717, 1.165) is 10.0 Å². The van der Waals surface area contributed by atoms with Crippen LogP contribution in [0.25, 0.3) is 0 Å². The Bertz CT molecular complexity index is 653. The van der Waals surface area contributed by atoms with Crippen molar-refractivity contribution >= 4 is 21.7 Å². The van der Waals surface area contributed by atoms with Gasteiger partial charge in [0.15, 0.2) is 6.61 Å². The molecular weight excluding hydrogens is 335 g/mol. The zero-order valence-corrected chi connectivity index (χ0v) is 13.5. The Kier molecular flexibility index (Phi) is 5.12. The quantitative estimate of drug-likeness (QED) is 0.711. The van der Waals surface area contributed by atoms with Gasteiger partial charge in [0.05, 0.1) is 5.56 Å². The van der Waals surface area contributed by atoms with Gasteiger partial charge in [0.25, 0.3) is 0 Å². The fourth-order valence-corrected chi connectivity index (χ4v) is 2.39. The Balaban J connectivity index is 2.14. The van der Waals surface area contributed by atoms with Crippen LogP contribution in [0.2, 0.25) is 0 Å². The zero-order chi connectivity index (χ0) is 15.4. The van der Waals surface area contributed by atoms with Crippen LogP contribution in [0.4, 0.5) is 4.39 Å². The normalized spacial score (nSPS) is 10.7. The smallest absolute Gasteiger partial charge is 0.203 e. The minimum absolute atomic E-state index is 0.0562. The third kappa shape index (κ3) is 3.91. The molecule has 0 saturated carbocycles. The summed E-state index contributed by atoms with van der Waals surface area (Å²) in [6.45, 7) is 3.92. The second-order valence-corrected chi connectivity index (χ2v) is 5.94. The van der Waals surface area contributed by atoms with Gasteiger partial charge in [0.2, 0.25) is 5.78 Å². The lowest BCUT2D eigenvalue weighted by molar-refractivity contribution is 0.0916. The molecule has 2 nitrogen and oxygen atoms in total. The molecule has 0 N–H and O–H groups in total. The van der Waals surface area contributed by atoms with Crippen LogP contribution in [0.1, 0.15) is 35.7 Å². The molecule has 21 heavy (non-hydrogen) atoms. The minimum Gasteiger partial charge on any atom is -0.485 e. The highest BCUT2D eigenvalue weighted by Gasteiger charge is 2.14. The molecule has 0 aliphatic heterocycles. The van der Waals surface area contributed by atoms with E-state index >= 15 is 0 Å². The third-order valence-electron chi connectivity index (χ3n) is 3.13. The van der Waals surface area contributed by atoms with E-state index in [1.54, 1.807) is 12.1 Å². The number of Topliss-reactive ketones (excluding diaryl/α,β-unsaturated/α-hetero) is 1. The first-order valence-electron chi connectivity index (χ1n) is 6.69. The van der Waals surface area contributed by atoms with Gasteiger partial charge in [-0.15, -0.1) is 0 Å². The van der Waals surface area contributed by atoms with Gasteiger partial charge in [-0.3, -0.25) is 4.79 Å². The van der Waals surface area contributed by atoms with E-state index < -0.39 is 5.82 Å². The number of hydrogen-bond acceptors (Lipinski definition) is 2. The first kappa shape index (κ1) is 15.7. The Morgan fingerprint density at radius 2 is 1.95 bits per heavy atom. The van der Waals surface area contributed by atoms with Crippen molar-refractivity contribution in [1.29, 1.82) is 0 Å². The fraction of sp³-hybridized carbons (Fsp3) is 0.235. The first-order chi connectivity index (χ1) is 9.99. The van der Waals surface area contributed by atoms with Crippen LogP contribution in [-0.2, 0) is 0 Å². The molecule has 4 heteroatoms. The average molecular weight is 351 g/mol. The number of ketones is 1. The van der Waals surface area contributed by atoms with Gasteiger partial charge in [-0.25, -0.2) is 4.39 Å². The monoisotopic (exact) mass is 350 g/mol. The number of benzene rings is 2. The van der Waals surface area contributed by atoms with Crippen molar-refractivity contribution < 1.29 is 13.9 Å². The molecule has 0 amide bonds. The van der Waals surface area contributed by atoms with Gasteiger partial charge in [-0.05, 0) is 41.8 Å². The van der Waals surface area contributed by atoms with Gasteiger partial charge >= 0.3 is 0 Å². The molecule has 2 aromatic rings. The number of carbonyl (C=O) groups is 1. The molecule has 0 aliphatic rings. The maximum absolute atomic E-state index is 13.5. The van der Waals surface area contributed by atoms with Crippen molar-refractivity contribution in [3.63, 3.8) is 0 Å². The van der Waals surface area contributed by atoms with E-state index in [2.05, 4.69) is 15.9 Å². The summed E-state index contributed by atoms with van der Waals surface area (Å²) in [5.74, 6) is 0.0238. The van der Waals surface area contributed by atoms with Crippen LogP contribution in [0.5, 0.6) is 5.75 Å². The predicted octanol–water partition coefficient (Wildman–Crippen LogP) is 4.97. The summed E-state index contributed by atoms with van der Waals surface area (Å²) >= 11 is 3.42. The van der Waals surface area contributed by atoms with Crippen LogP contribution >= 0.6 is 15.9 Å². The lowest BCUT2D eigenvalue weighted by Gasteiger charge is -2.14. The number of halogens is 2. The summed E-state index contributed by atoms with van der Waals surface area (Å²) in [6, 6.07) is 11.6. The van der Waals surface area contributed by atoms with E-state index in [-0.39, 0.29) is 23.9 Å². The van der Waals surface area contributed by atoms with Crippen molar-refractivity contribution in [2.24, 2.45) is 0 Å². The predicted molar refractivity (Wildman–Crippen MR) is 84.5 cm³/mol. The Morgan fingerprint density at radius 1 is 1.24 bits per heavy atom. The minimum atomic E-state index is -0.522. The number of ether oxygens (including phenoxy) is 1. The van der Waals surface area contributed by atoms with Crippen molar-refractivity contribution in [2.45, 2.75) is 19.8 Å². The number of rotatable bonds is 5. The molecule has 0 bridgehead atoms. The lowest BCUT2D eigenvalue weighted by atomic mass is 10.0. The summed E-state index contributed by atoms with van der Waals surface area (Å²) in [7, 11) is 0. The summed E-state index contributed by atoms with van der Waals surface area (Å²) in [5.41, 5.74) is 1.06. The topological polar surface area (TPSA) is 26.3 Å². The van der Waals surface area contributed by atoms with Gasteiger partial charge in [0, 0.05) is 4.47 Å². The zero-order valence-electron chi connectivity index (χ0n) is 11.9. The van der Waals surface area contributed by atoms with Gasteiger partial charge in [-0.1, -0.05) is 41.9 Å². The summed E-state index contributed by atoms with van der Waals surface area (Å²) in [4.78, 5) is 12.0. The van der Waals surface area contributed by atoms with Gasteiger partial charge in [0.1, 0.15) is 11.6 Å². The molecule has 0 radical (unpaired) electrons. The maximum Gasteiger partial charge on any atom is 0.203 e. The summed E-state index contributed by atoms with van der Waals surface area (Å²) in [6.07, 6.45) is 0. The summed E-state index contributed by atoms with van der Waals surface area (Å²) in [5, 5.41) is 0. The lowest BCUT2D eigenvalue weighted by Crippen LogP contribution is -2.14. The summed E-state index contributed by atoms with van der Waals surface area (Å²) < 4.78 is 20.1. The van der Waals surface area contributed by atoms with Crippen LogP contribution in [-0.4, -0.2) is 12.4 Å². The van der Waals surface area contributed by atoms with Crippen molar-refractivity contribution in [3.8, 4) is 5.75 Å². The van der Waals surface area contributed by atoms with E-state index in [4.69, 9.17) is 4.74 Å². The molecule has 0 aliphatic carbocycles. The molecule has 0 fully saturated rings. The Morgan fingerprint density at radius 3 is 2.62 bits per heavy atom. The van der Waals surface area contributed by atoms with Crippen molar-refractivity contribution in [3.05, 3.63) is 63.9 Å². The van der Waals surface area contributed by atoms with E-state index in [1.165, 1.54) is 12.1 Å². The highest BCUT2D eigenvalue weighted by atomic mass is 79.9. The van der Waals surface area contributed by atoms with Crippen LogP contribution in [0.3, 0.4) is 0 Å². The average Bonchev–Trinajstić information content (AvgIpc) is 2.46. The van der Waals surface area contributed by atoms with Gasteiger partial charge in [-0.2, -0.15) is 0 Å². The fourth-order valence-electron chi connectivity index (χ4n) is 2.01. The molecule has 2 aromatic carbocycles. The number of carbonyl (C=O) groups excluding carboxylic acids is 1. The maximum atomic E-state index is 13.5. The SMILES string of the molecule is CC(C)c1cc(Br)ccc1OCC(=O)c1ccccc1F. The highest BCUT2D eigenvalue weighted by Crippen LogP contribution is 2.29. The van der Waals surface area contributed by atoms with E-state index in [1.807, 2.05) is 32.0 Å². The molecular formula is C17H16BrFO2. The second-order valence-electron chi connectivity index (χ2n) is 5.03. The van der Waals surface area contributed by atoms with Crippen LogP contribution in [0, 0.1) is 5.82 Å². The molecule has 0 aromatic heterocycles. The highest BCUT2D eigenvalue weighted by molar-refractivity contribution is 9.10. The molecule has 0 heterocycles. The molecule has 0 atom stereocenters. The van der Waals surface area contributed by atoms with Crippen molar-refractivity contribution in [1.82, 2.24) is 0 Å². The van der Waals surface area contributed by atoms with Crippen molar-refractivity contribution in [2.75, 3.05) is 6.61 Å².